The van der Waals surface area contributed by atoms with Crippen LogP contribution in [-0.2, 0) is 4.74 Å². The predicted octanol–water partition coefficient (Wildman–Crippen LogP) is 4.96. The van der Waals surface area contributed by atoms with Gasteiger partial charge in [0.25, 0.3) is 0 Å². The molecule has 0 amide bonds. The standard InChI is InChI=1S/C21H31NO/c1-20-11-5-4-6-14(20)7-9-16-17-10-8-15(13-22)21(17,2)12-18(23-3)19(16)20/h4,6,14-19H,5,7-12H2,1-3H3. The van der Waals surface area contributed by atoms with E-state index in [0.717, 1.165) is 30.6 Å². The van der Waals surface area contributed by atoms with E-state index in [4.69, 9.17) is 4.74 Å². The van der Waals surface area contributed by atoms with Crippen LogP contribution in [-0.4, -0.2) is 13.2 Å². The summed E-state index contributed by atoms with van der Waals surface area (Å²) in [7, 11) is 1.91. The van der Waals surface area contributed by atoms with Crippen molar-refractivity contribution in [2.75, 3.05) is 7.11 Å². The summed E-state index contributed by atoms with van der Waals surface area (Å²) < 4.78 is 6.11. The molecule has 8 atom stereocenters. The number of ether oxygens (including phenoxy) is 1. The summed E-state index contributed by atoms with van der Waals surface area (Å²) in [5.41, 5.74) is 0.592. The molecule has 23 heavy (non-hydrogen) atoms. The molecule has 0 saturated heterocycles. The Morgan fingerprint density at radius 3 is 2.70 bits per heavy atom. The molecular formula is C21H31NO. The first-order valence-corrected chi connectivity index (χ1v) is 9.63. The maximum absolute atomic E-state index is 9.66. The van der Waals surface area contributed by atoms with E-state index in [1.165, 1.54) is 32.1 Å². The minimum atomic E-state index is 0.185. The lowest BCUT2D eigenvalue weighted by Gasteiger charge is -2.61. The minimum absolute atomic E-state index is 0.185. The first kappa shape index (κ1) is 15.7. The second-order valence-electron chi connectivity index (χ2n) is 9.20. The molecule has 0 spiro atoms. The van der Waals surface area contributed by atoms with Crippen LogP contribution in [0.25, 0.3) is 0 Å². The van der Waals surface area contributed by atoms with E-state index in [1.807, 2.05) is 7.11 Å². The van der Waals surface area contributed by atoms with E-state index in [9.17, 15) is 5.26 Å². The minimum Gasteiger partial charge on any atom is -0.381 e. The Balaban J connectivity index is 1.74. The van der Waals surface area contributed by atoms with Crippen LogP contribution in [0.3, 0.4) is 0 Å². The van der Waals surface area contributed by atoms with E-state index < -0.39 is 0 Å². The van der Waals surface area contributed by atoms with Crippen molar-refractivity contribution in [2.24, 2.45) is 40.4 Å². The first-order valence-electron chi connectivity index (χ1n) is 9.63. The topological polar surface area (TPSA) is 33.0 Å². The van der Waals surface area contributed by atoms with Gasteiger partial charge in [-0.15, -0.1) is 0 Å². The van der Waals surface area contributed by atoms with E-state index >= 15 is 0 Å². The van der Waals surface area contributed by atoms with Gasteiger partial charge in [0, 0.05) is 7.11 Å². The van der Waals surface area contributed by atoms with Crippen LogP contribution in [0.4, 0.5) is 0 Å². The monoisotopic (exact) mass is 313 g/mol. The van der Waals surface area contributed by atoms with Gasteiger partial charge in [0.1, 0.15) is 0 Å². The molecule has 0 heterocycles. The Morgan fingerprint density at radius 1 is 1.13 bits per heavy atom. The summed E-state index contributed by atoms with van der Waals surface area (Å²) in [4.78, 5) is 0. The Hall–Kier alpha value is -0.810. The molecule has 0 aromatic heterocycles. The highest BCUT2D eigenvalue weighted by atomic mass is 16.5. The molecule has 0 aliphatic heterocycles. The fourth-order valence-corrected chi connectivity index (χ4v) is 7.36. The van der Waals surface area contributed by atoms with Crippen LogP contribution in [0, 0.1) is 51.8 Å². The molecule has 4 aliphatic rings. The third-order valence-electron chi connectivity index (χ3n) is 8.53. The lowest BCUT2D eigenvalue weighted by atomic mass is 9.45. The molecule has 0 aromatic rings. The summed E-state index contributed by atoms with van der Waals surface area (Å²) in [5, 5.41) is 9.66. The largest absolute Gasteiger partial charge is 0.381 e. The van der Waals surface area contributed by atoms with E-state index in [2.05, 4.69) is 32.1 Å². The van der Waals surface area contributed by atoms with E-state index in [-0.39, 0.29) is 11.3 Å². The fraction of sp³-hybridized carbons (Fsp3) is 0.857. The summed E-state index contributed by atoms with van der Waals surface area (Å²) >= 11 is 0. The van der Waals surface area contributed by atoms with Gasteiger partial charge in [0.15, 0.2) is 0 Å². The third-order valence-corrected chi connectivity index (χ3v) is 8.53. The van der Waals surface area contributed by atoms with Crippen molar-refractivity contribution in [3.63, 3.8) is 0 Å². The van der Waals surface area contributed by atoms with Crippen LogP contribution >= 0.6 is 0 Å². The van der Waals surface area contributed by atoms with Crippen LogP contribution < -0.4 is 0 Å². The van der Waals surface area contributed by atoms with Crippen molar-refractivity contribution in [1.82, 2.24) is 0 Å². The summed E-state index contributed by atoms with van der Waals surface area (Å²) in [6.45, 7) is 4.94. The van der Waals surface area contributed by atoms with Gasteiger partial charge in [0.05, 0.1) is 18.1 Å². The summed E-state index contributed by atoms with van der Waals surface area (Å²) in [6.07, 6.45) is 14.0. The van der Waals surface area contributed by atoms with Gasteiger partial charge in [-0.2, -0.15) is 5.26 Å². The van der Waals surface area contributed by atoms with Crippen molar-refractivity contribution in [1.29, 1.82) is 5.26 Å². The molecular weight excluding hydrogens is 282 g/mol. The third kappa shape index (κ3) is 2.02. The molecule has 126 valence electrons. The van der Waals surface area contributed by atoms with Crippen molar-refractivity contribution >= 4 is 0 Å². The number of hydrogen-bond donors (Lipinski definition) is 0. The van der Waals surface area contributed by atoms with Gasteiger partial charge >= 0.3 is 0 Å². The Morgan fingerprint density at radius 2 is 1.96 bits per heavy atom. The lowest BCUT2D eigenvalue weighted by Crippen LogP contribution is -2.58. The van der Waals surface area contributed by atoms with Gasteiger partial charge < -0.3 is 4.74 Å². The number of nitriles is 1. The fourth-order valence-electron chi connectivity index (χ4n) is 7.36. The molecule has 2 nitrogen and oxygen atoms in total. The molecule has 3 saturated carbocycles. The SMILES string of the molecule is COC1CC2(C)C(C#N)CCC2C2CCC3C=CCCC3(C)C12. The van der Waals surface area contributed by atoms with Gasteiger partial charge in [-0.05, 0) is 79.4 Å². The van der Waals surface area contributed by atoms with E-state index in [1.54, 1.807) is 0 Å². The van der Waals surface area contributed by atoms with Gasteiger partial charge in [-0.3, -0.25) is 0 Å². The zero-order valence-corrected chi connectivity index (χ0v) is 14.9. The maximum Gasteiger partial charge on any atom is 0.0661 e. The molecule has 0 N–H and O–H groups in total. The summed E-state index contributed by atoms with van der Waals surface area (Å²) in [5.74, 6) is 3.18. The van der Waals surface area contributed by atoms with Crippen molar-refractivity contribution in [3.8, 4) is 6.07 Å². The number of allylic oxidation sites excluding steroid dienone is 2. The average molecular weight is 313 g/mol. The molecule has 4 aliphatic carbocycles. The second-order valence-corrected chi connectivity index (χ2v) is 9.20. The summed E-state index contributed by atoms with van der Waals surface area (Å²) in [6, 6.07) is 2.64. The maximum atomic E-state index is 9.66. The van der Waals surface area contributed by atoms with Crippen molar-refractivity contribution in [3.05, 3.63) is 12.2 Å². The normalized spacial score (nSPS) is 54.7. The highest BCUT2D eigenvalue weighted by Crippen LogP contribution is 2.67. The van der Waals surface area contributed by atoms with Crippen LogP contribution in [0.15, 0.2) is 12.2 Å². The number of rotatable bonds is 1. The van der Waals surface area contributed by atoms with Crippen molar-refractivity contribution in [2.45, 2.75) is 64.9 Å². The van der Waals surface area contributed by atoms with Gasteiger partial charge in [-0.1, -0.05) is 26.0 Å². The zero-order valence-electron chi connectivity index (χ0n) is 14.9. The van der Waals surface area contributed by atoms with E-state index in [0.29, 0.717) is 17.4 Å². The quantitative estimate of drug-likeness (QED) is 0.641. The second kappa shape index (κ2) is 5.35. The molecule has 2 heteroatoms. The highest BCUT2D eigenvalue weighted by Gasteiger charge is 2.62. The Bertz CT molecular complexity index is 549. The Labute approximate surface area is 141 Å². The van der Waals surface area contributed by atoms with Crippen LogP contribution in [0.2, 0.25) is 0 Å². The molecule has 0 bridgehead atoms. The molecule has 0 radical (unpaired) electrons. The predicted molar refractivity (Wildman–Crippen MR) is 91.5 cm³/mol. The smallest absolute Gasteiger partial charge is 0.0661 e. The number of nitrogens with zero attached hydrogens (tertiary/aromatic N) is 1. The average Bonchev–Trinajstić information content (AvgIpc) is 2.89. The molecule has 4 rings (SSSR count). The Kier molecular flexibility index (Phi) is 3.65. The molecule has 3 fully saturated rings. The van der Waals surface area contributed by atoms with Crippen LogP contribution in [0.1, 0.15) is 58.8 Å². The van der Waals surface area contributed by atoms with Crippen molar-refractivity contribution < 1.29 is 4.74 Å². The number of fused-ring (bicyclic) bond motifs is 5. The highest BCUT2D eigenvalue weighted by molar-refractivity contribution is 5.17. The molecule has 8 unspecified atom stereocenters. The molecule has 0 aromatic carbocycles. The van der Waals surface area contributed by atoms with Gasteiger partial charge in [-0.25, -0.2) is 0 Å². The zero-order chi connectivity index (χ0) is 16.2. The number of methoxy groups -OCH3 is 1. The number of hydrogen-bond acceptors (Lipinski definition) is 2. The van der Waals surface area contributed by atoms with Gasteiger partial charge in [0.2, 0.25) is 0 Å². The lowest BCUT2D eigenvalue weighted by molar-refractivity contribution is -0.163. The first-order chi connectivity index (χ1) is 11.0. The van der Waals surface area contributed by atoms with Crippen LogP contribution in [0.5, 0.6) is 0 Å².